The van der Waals surface area contributed by atoms with E-state index in [2.05, 4.69) is 235 Å². The van der Waals surface area contributed by atoms with Crippen molar-refractivity contribution in [2.75, 3.05) is 4.90 Å². The molecule has 1 unspecified atom stereocenters. The maximum absolute atomic E-state index is 6.46. The Balaban J connectivity index is 0.837. The molecule has 4 nitrogen and oxygen atoms in total. The molecule has 10 aromatic carbocycles. The molecule has 0 aliphatic heterocycles. The zero-order valence-corrected chi connectivity index (χ0v) is 39.1. The summed E-state index contributed by atoms with van der Waals surface area (Å²) >= 11 is 0. The first-order valence-electron chi connectivity index (χ1n) is 24.5. The van der Waals surface area contributed by atoms with Crippen molar-refractivity contribution in [1.82, 2.24) is 4.57 Å². The standard InChI is InChI=1S/C67H46N2O2/c1-43-12-2-3-15-54(43)49-13-10-14-53(40-49)69-62-21-7-4-16-56(62)60-41-47(30-38-63(60)69)44-24-32-50(33-25-44)68(51-34-26-45(27-35-51)48-31-39-66-61(42-48)58-18-6-8-22-64(58)70-66)52-36-28-46(29-37-52)55-19-11-20-59-57-17-5-9-23-65(57)71-67(55)59/h2-11,13-43H,12H2,1H3. The highest BCUT2D eigenvalue weighted by Gasteiger charge is 2.19. The van der Waals surface area contributed by atoms with Gasteiger partial charge in [0.05, 0.1) is 11.0 Å². The molecule has 13 aromatic rings. The number of anilines is 3. The number of para-hydroxylation sites is 4. The SMILES string of the molecule is CC1CC=CC=C1c1cccc(-n2c3ccccc3c3cc(-c4ccc(N(c5ccc(-c6ccc7oc8ccccc8c7c6)cc5)c5ccc(-c6cccc7c6oc6ccccc67)cc5)cc4)ccc32)c1. The minimum atomic E-state index is 0.488. The zero-order valence-electron chi connectivity index (χ0n) is 39.1. The molecular weight excluding hydrogens is 865 g/mol. The Labute approximate surface area is 411 Å². The van der Waals surface area contributed by atoms with Crippen LogP contribution in [0.15, 0.2) is 252 Å². The Morgan fingerprint density at radius 2 is 0.958 bits per heavy atom. The molecule has 0 amide bonds. The third-order valence-corrected chi connectivity index (χ3v) is 14.7. The van der Waals surface area contributed by atoms with Gasteiger partial charge in [-0.3, -0.25) is 0 Å². The van der Waals surface area contributed by atoms with Gasteiger partial charge in [0, 0.05) is 60.6 Å². The van der Waals surface area contributed by atoms with Crippen molar-refractivity contribution in [1.29, 1.82) is 0 Å². The topological polar surface area (TPSA) is 34.5 Å². The largest absolute Gasteiger partial charge is 0.456 e. The van der Waals surface area contributed by atoms with Crippen molar-refractivity contribution in [2.24, 2.45) is 5.92 Å². The Morgan fingerprint density at radius 3 is 1.68 bits per heavy atom. The number of nitrogens with zero attached hydrogens (tertiary/aromatic N) is 2. The first-order chi connectivity index (χ1) is 35.1. The predicted octanol–water partition coefficient (Wildman–Crippen LogP) is 19.0. The van der Waals surface area contributed by atoms with Crippen molar-refractivity contribution in [3.8, 4) is 39.1 Å². The van der Waals surface area contributed by atoms with Crippen molar-refractivity contribution in [2.45, 2.75) is 13.3 Å². The molecule has 0 bridgehead atoms. The van der Waals surface area contributed by atoms with E-state index < -0.39 is 0 Å². The van der Waals surface area contributed by atoms with Gasteiger partial charge in [0.15, 0.2) is 0 Å². The summed E-state index contributed by atoms with van der Waals surface area (Å²) in [6.45, 7) is 2.32. The lowest BCUT2D eigenvalue weighted by Crippen LogP contribution is -2.09. The quantitative estimate of drug-likeness (QED) is 0.152. The Hall–Kier alpha value is -9.12. The van der Waals surface area contributed by atoms with E-state index in [9.17, 15) is 0 Å². The molecule has 0 spiro atoms. The van der Waals surface area contributed by atoms with Gasteiger partial charge in [0.2, 0.25) is 0 Å². The fraction of sp³-hybridized carbons (Fsp3) is 0.0448. The zero-order chi connectivity index (χ0) is 47.0. The summed E-state index contributed by atoms with van der Waals surface area (Å²) in [7, 11) is 0. The first kappa shape index (κ1) is 40.9. The molecule has 0 saturated heterocycles. The van der Waals surface area contributed by atoms with E-state index in [0.29, 0.717) is 5.92 Å². The number of furan rings is 2. The van der Waals surface area contributed by atoms with Gasteiger partial charge in [0.25, 0.3) is 0 Å². The fourth-order valence-corrected chi connectivity index (χ4v) is 11.1. The van der Waals surface area contributed by atoms with Gasteiger partial charge >= 0.3 is 0 Å². The third-order valence-electron chi connectivity index (χ3n) is 14.7. The van der Waals surface area contributed by atoms with E-state index in [1.807, 2.05) is 24.3 Å². The van der Waals surface area contributed by atoms with Crippen LogP contribution in [0.3, 0.4) is 0 Å². The highest BCUT2D eigenvalue weighted by atomic mass is 16.3. The number of hydrogen-bond acceptors (Lipinski definition) is 3. The molecule has 3 aromatic heterocycles. The maximum atomic E-state index is 6.46. The van der Waals surface area contributed by atoms with Crippen molar-refractivity contribution in [3.63, 3.8) is 0 Å². The Morgan fingerprint density at radius 1 is 0.408 bits per heavy atom. The normalized spacial score (nSPS) is 13.8. The van der Waals surface area contributed by atoms with Crippen LogP contribution >= 0.6 is 0 Å². The number of fused-ring (bicyclic) bond motifs is 9. The molecule has 71 heavy (non-hydrogen) atoms. The summed E-state index contributed by atoms with van der Waals surface area (Å²) in [6, 6.07) is 81.0. The van der Waals surface area contributed by atoms with E-state index in [4.69, 9.17) is 8.83 Å². The van der Waals surface area contributed by atoms with E-state index in [0.717, 1.165) is 95.2 Å². The fourth-order valence-electron chi connectivity index (χ4n) is 11.1. The lowest BCUT2D eigenvalue weighted by molar-refractivity contribution is 0.669. The number of allylic oxidation sites excluding steroid dienone is 4. The second kappa shape index (κ2) is 16.5. The molecule has 1 aliphatic carbocycles. The molecule has 14 rings (SSSR count). The molecule has 0 N–H and O–H groups in total. The van der Waals surface area contributed by atoms with Gasteiger partial charge in [-0.1, -0.05) is 159 Å². The van der Waals surface area contributed by atoms with Crippen molar-refractivity contribution in [3.05, 3.63) is 248 Å². The number of hydrogen-bond donors (Lipinski definition) is 0. The molecular formula is C67H46N2O2. The molecule has 1 atom stereocenters. The summed E-state index contributed by atoms with van der Waals surface area (Å²) < 4.78 is 15.0. The highest BCUT2D eigenvalue weighted by molar-refractivity contribution is 6.11. The van der Waals surface area contributed by atoms with Gasteiger partial charge in [-0.05, 0) is 142 Å². The highest BCUT2D eigenvalue weighted by Crippen LogP contribution is 2.42. The second-order valence-electron chi connectivity index (χ2n) is 18.9. The summed E-state index contributed by atoms with van der Waals surface area (Å²) in [6.07, 6.45) is 7.80. The predicted molar refractivity (Wildman–Crippen MR) is 297 cm³/mol. The van der Waals surface area contributed by atoms with Gasteiger partial charge in [0.1, 0.15) is 22.3 Å². The molecule has 3 heterocycles. The molecule has 0 radical (unpaired) electrons. The third kappa shape index (κ3) is 6.90. The van der Waals surface area contributed by atoms with Gasteiger partial charge in [-0.25, -0.2) is 0 Å². The lowest BCUT2D eigenvalue weighted by atomic mass is 9.88. The summed E-state index contributed by atoms with van der Waals surface area (Å²) in [4.78, 5) is 2.34. The Bertz CT molecular complexity index is 4260. The first-order valence-corrected chi connectivity index (χ1v) is 24.5. The second-order valence-corrected chi connectivity index (χ2v) is 18.9. The van der Waals surface area contributed by atoms with E-state index in [-0.39, 0.29) is 0 Å². The van der Waals surface area contributed by atoms with Crippen molar-refractivity contribution >= 4 is 88.3 Å². The molecule has 336 valence electrons. The average molecular weight is 911 g/mol. The number of rotatable bonds is 8. The smallest absolute Gasteiger partial charge is 0.143 e. The van der Waals surface area contributed by atoms with Crippen LogP contribution in [-0.4, -0.2) is 4.57 Å². The minimum Gasteiger partial charge on any atom is -0.456 e. The van der Waals surface area contributed by atoms with Crippen LogP contribution in [0.25, 0.3) is 110 Å². The summed E-state index contributed by atoms with van der Waals surface area (Å²) in [5, 5.41) is 6.99. The van der Waals surface area contributed by atoms with E-state index >= 15 is 0 Å². The monoisotopic (exact) mass is 910 g/mol. The van der Waals surface area contributed by atoms with E-state index in [1.54, 1.807) is 0 Å². The lowest BCUT2D eigenvalue weighted by Gasteiger charge is -2.26. The summed E-state index contributed by atoms with van der Waals surface area (Å²) in [5.74, 6) is 0.488. The summed E-state index contributed by atoms with van der Waals surface area (Å²) in [5.41, 5.74) is 19.8. The van der Waals surface area contributed by atoms with Crippen LogP contribution in [0.5, 0.6) is 0 Å². The molecule has 1 aliphatic rings. The van der Waals surface area contributed by atoms with Crippen LogP contribution in [0, 0.1) is 5.92 Å². The number of benzene rings is 10. The van der Waals surface area contributed by atoms with Gasteiger partial charge in [-0.15, -0.1) is 0 Å². The van der Waals surface area contributed by atoms with Crippen LogP contribution in [0.1, 0.15) is 18.9 Å². The van der Waals surface area contributed by atoms with Crippen molar-refractivity contribution < 1.29 is 8.83 Å². The number of aromatic nitrogens is 1. The average Bonchev–Trinajstić information content (AvgIpc) is 4.11. The van der Waals surface area contributed by atoms with E-state index in [1.165, 1.54) is 44.2 Å². The van der Waals surface area contributed by atoms with Crippen LogP contribution in [-0.2, 0) is 0 Å². The molecule has 0 fully saturated rings. The Kier molecular flexibility index (Phi) is 9.53. The molecule has 4 heteroatoms. The van der Waals surface area contributed by atoms with Gasteiger partial charge in [-0.2, -0.15) is 0 Å². The van der Waals surface area contributed by atoms with Gasteiger partial charge < -0.3 is 18.3 Å². The van der Waals surface area contributed by atoms with Crippen LogP contribution in [0.2, 0.25) is 0 Å². The minimum absolute atomic E-state index is 0.488. The van der Waals surface area contributed by atoms with Crippen LogP contribution in [0.4, 0.5) is 17.1 Å². The molecule has 0 saturated carbocycles. The maximum Gasteiger partial charge on any atom is 0.143 e. The van der Waals surface area contributed by atoms with Crippen LogP contribution < -0.4 is 4.90 Å².